The van der Waals surface area contributed by atoms with Gasteiger partial charge in [-0.1, -0.05) is 6.08 Å². The lowest BCUT2D eigenvalue weighted by molar-refractivity contribution is -0.136. The molecule has 0 atom stereocenters. The predicted molar refractivity (Wildman–Crippen MR) is 70.1 cm³/mol. The number of hydrogen-bond acceptors (Lipinski definition) is 3. The summed E-state index contributed by atoms with van der Waals surface area (Å²) >= 11 is 0. The van der Waals surface area contributed by atoms with Gasteiger partial charge in [0.2, 0.25) is 0 Å². The molecule has 0 saturated heterocycles. The van der Waals surface area contributed by atoms with Crippen molar-refractivity contribution in [1.82, 2.24) is 0 Å². The quantitative estimate of drug-likeness (QED) is 0.843. The molecule has 18 heavy (non-hydrogen) atoms. The normalized spacial score (nSPS) is 11.2. The van der Waals surface area contributed by atoms with Crippen LogP contribution in [0.5, 0.6) is 11.5 Å². The molecule has 0 aromatic heterocycles. The van der Waals surface area contributed by atoms with Crippen molar-refractivity contribution in [3.8, 4) is 11.5 Å². The van der Waals surface area contributed by atoms with Crippen molar-refractivity contribution in [2.45, 2.75) is 19.8 Å². The minimum Gasteiger partial charge on any atom is -0.497 e. The van der Waals surface area contributed by atoms with Crippen LogP contribution in [0.15, 0.2) is 24.3 Å². The summed E-state index contributed by atoms with van der Waals surface area (Å²) in [6.45, 7) is 1.94. The summed E-state index contributed by atoms with van der Waals surface area (Å²) in [4.78, 5) is 10.5. The molecule has 0 heterocycles. The van der Waals surface area contributed by atoms with Crippen molar-refractivity contribution in [3.05, 3.63) is 29.8 Å². The summed E-state index contributed by atoms with van der Waals surface area (Å²) in [5, 5.41) is 8.60. The van der Waals surface area contributed by atoms with Crippen LogP contribution in [0.1, 0.15) is 25.3 Å². The third kappa shape index (κ3) is 3.80. The number of rotatable bonds is 6. The molecule has 1 aromatic rings. The SMILES string of the molecule is COc1ccc(/C(C)=C/CCC(=O)O)c(OC)c1. The molecular weight excluding hydrogens is 232 g/mol. The second-order valence-electron chi connectivity index (χ2n) is 3.89. The highest BCUT2D eigenvalue weighted by atomic mass is 16.5. The van der Waals surface area contributed by atoms with Crippen LogP contribution in [0.25, 0.3) is 5.57 Å². The van der Waals surface area contributed by atoms with Gasteiger partial charge in [-0.15, -0.1) is 0 Å². The van der Waals surface area contributed by atoms with E-state index in [1.165, 1.54) is 0 Å². The summed E-state index contributed by atoms with van der Waals surface area (Å²) in [7, 11) is 3.20. The highest BCUT2D eigenvalue weighted by molar-refractivity contribution is 5.71. The Labute approximate surface area is 107 Å². The van der Waals surface area contributed by atoms with Gasteiger partial charge in [-0.2, -0.15) is 0 Å². The predicted octanol–water partition coefficient (Wildman–Crippen LogP) is 2.97. The highest BCUT2D eigenvalue weighted by Gasteiger charge is 2.06. The van der Waals surface area contributed by atoms with Crippen LogP contribution in [-0.2, 0) is 4.79 Å². The van der Waals surface area contributed by atoms with E-state index in [4.69, 9.17) is 14.6 Å². The Bertz CT molecular complexity index is 449. The number of methoxy groups -OCH3 is 2. The summed E-state index contributed by atoms with van der Waals surface area (Å²) < 4.78 is 10.4. The largest absolute Gasteiger partial charge is 0.497 e. The van der Waals surface area contributed by atoms with Gasteiger partial charge in [0, 0.05) is 18.1 Å². The Morgan fingerprint density at radius 1 is 1.33 bits per heavy atom. The number of carboxylic acid groups (broad SMARTS) is 1. The first-order chi connectivity index (χ1) is 8.58. The topological polar surface area (TPSA) is 55.8 Å². The third-order valence-corrected chi connectivity index (χ3v) is 2.64. The van der Waals surface area contributed by atoms with Crippen LogP contribution in [0.4, 0.5) is 0 Å². The summed E-state index contributed by atoms with van der Waals surface area (Å²) in [5.41, 5.74) is 1.94. The Kier molecular flexibility index (Phi) is 5.24. The molecule has 0 unspecified atom stereocenters. The molecule has 0 fully saturated rings. The summed E-state index contributed by atoms with van der Waals surface area (Å²) in [5.74, 6) is 0.660. The Morgan fingerprint density at radius 3 is 2.61 bits per heavy atom. The van der Waals surface area contributed by atoms with Gasteiger partial charge in [0.05, 0.1) is 14.2 Å². The Morgan fingerprint density at radius 2 is 2.06 bits per heavy atom. The molecule has 0 bridgehead atoms. The van der Waals surface area contributed by atoms with Crippen LogP contribution in [0.3, 0.4) is 0 Å². The average molecular weight is 250 g/mol. The molecule has 0 aliphatic heterocycles. The van der Waals surface area contributed by atoms with Crippen molar-refractivity contribution in [2.75, 3.05) is 14.2 Å². The molecule has 4 heteroatoms. The highest BCUT2D eigenvalue weighted by Crippen LogP contribution is 2.30. The molecule has 0 radical (unpaired) electrons. The second kappa shape index (κ2) is 6.69. The van der Waals surface area contributed by atoms with Crippen molar-refractivity contribution in [1.29, 1.82) is 0 Å². The molecule has 1 rings (SSSR count). The maximum atomic E-state index is 10.5. The number of aliphatic carboxylic acids is 1. The Balaban J connectivity index is 2.90. The van der Waals surface area contributed by atoms with Crippen molar-refractivity contribution >= 4 is 11.5 Å². The van der Waals surface area contributed by atoms with Crippen LogP contribution in [-0.4, -0.2) is 25.3 Å². The molecule has 1 N–H and O–H groups in total. The van der Waals surface area contributed by atoms with E-state index in [-0.39, 0.29) is 6.42 Å². The summed E-state index contributed by atoms with van der Waals surface area (Å²) in [6, 6.07) is 5.57. The van der Waals surface area contributed by atoms with Crippen LogP contribution >= 0.6 is 0 Å². The minimum atomic E-state index is -0.791. The number of carbonyl (C=O) groups is 1. The zero-order valence-electron chi connectivity index (χ0n) is 10.9. The van der Waals surface area contributed by atoms with E-state index in [2.05, 4.69) is 0 Å². The molecule has 0 amide bonds. The van der Waals surface area contributed by atoms with E-state index in [1.807, 2.05) is 31.2 Å². The van der Waals surface area contributed by atoms with E-state index in [0.29, 0.717) is 6.42 Å². The lowest BCUT2D eigenvalue weighted by Gasteiger charge is -2.10. The number of ether oxygens (including phenoxy) is 2. The van der Waals surface area contributed by atoms with E-state index < -0.39 is 5.97 Å². The first-order valence-corrected chi connectivity index (χ1v) is 5.69. The monoisotopic (exact) mass is 250 g/mol. The van der Waals surface area contributed by atoms with Crippen LogP contribution < -0.4 is 9.47 Å². The fraction of sp³-hybridized carbons (Fsp3) is 0.357. The maximum Gasteiger partial charge on any atom is 0.303 e. The standard InChI is InChI=1S/C14H18O4/c1-10(5-4-6-14(15)16)12-8-7-11(17-2)9-13(12)18-3/h5,7-9H,4,6H2,1-3H3,(H,15,16)/b10-5+. The third-order valence-electron chi connectivity index (χ3n) is 2.64. The maximum absolute atomic E-state index is 10.5. The first kappa shape index (κ1) is 14.1. The van der Waals surface area contributed by atoms with Crippen LogP contribution in [0.2, 0.25) is 0 Å². The zero-order chi connectivity index (χ0) is 13.5. The van der Waals surface area contributed by atoms with E-state index in [0.717, 1.165) is 22.6 Å². The van der Waals surface area contributed by atoms with E-state index in [9.17, 15) is 4.79 Å². The average Bonchev–Trinajstić information content (AvgIpc) is 2.37. The molecular formula is C14H18O4. The number of benzene rings is 1. The molecule has 0 aliphatic rings. The second-order valence-corrected chi connectivity index (χ2v) is 3.89. The lowest BCUT2D eigenvalue weighted by atomic mass is 10.0. The van der Waals surface area contributed by atoms with Gasteiger partial charge in [0.1, 0.15) is 11.5 Å². The molecule has 0 aliphatic carbocycles. The van der Waals surface area contributed by atoms with Gasteiger partial charge in [-0.05, 0) is 31.1 Å². The zero-order valence-corrected chi connectivity index (χ0v) is 10.9. The van der Waals surface area contributed by atoms with Gasteiger partial charge < -0.3 is 14.6 Å². The van der Waals surface area contributed by atoms with Crippen molar-refractivity contribution in [2.24, 2.45) is 0 Å². The van der Waals surface area contributed by atoms with Crippen LogP contribution in [0, 0.1) is 0 Å². The van der Waals surface area contributed by atoms with Gasteiger partial charge in [-0.3, -0.25) is 4.79 Å². The van der Waals surface area contributed by atoms with E-state index >= 15 is 0 Å². The smallest absolute Gasteiger partial charge is 0.303 e. The van der Waals surface area contributed by atoms with Gasteiger partial charge in [0.15, 0.2) is 0 Å². The fourth-order valence-corrected chi connectivity index (χ4v) is 1.65. The van der Waals surface area contributed by atoms with Crippen molar-refractivity contribution < 1.29 is 19.4 Å². The minimum absolute atomic E-state index is 0.135. The number of carboxylic acids is 1. The molecule has 1 aromatic carbocycles. The number of hydrogen-bond donors (Lipinski definition) is 1. The fourth-order valence-electron chi connectivity index (χ4n) is 1.65. The van der Waals surface area contributed by atoms with E-state index in [1.54, 1.807) is 14.2 Å². The number of allylic oxidation sites excluding steroid dienone is 2. The molecule has 4 nitrogen and oxygen atoms in total. The molecule has 98 valence electrons. The van der Waals surface area contributed by atoms with Gasteiger partial charge in [-0.25, -0.2) is 0 Å². The molecule has 0 saturated carbocycles. The van der Waals surface area contributed by atoms with Crippen molar-refractivity contribution in [3.63, 3.8) is 0 Å². The van der Waals surface area contributed by atoms with Gasteiger partial charge >= 0.3 is 5.97 Å². The van der Waals surface area contributed by atoms with Gasteiger partial charge in [0.25, 0.3) is 0 Å². The molecule has 0 spiro atoms. The summed E-state index contributed by atoms with van der Waals surface area (Å²) in [6.07, 6.45) is 2.55. The lowest BCUT2D eigenvalue weighted by Crippen LogP contribution is -1.94. The first-order valence-electron chi connectivity index (χ1n) is 5.69. The Hall–Kier alpha value is -1.97.